The number of hydrogen-bond acceptors (Lipinski definition) is 3. The number of nitrogens with zero attached hydrogens (tertiary/aromatic N) is 1. The maximum atomic E-state index is 12.3. The summed E-state index contributed by atoms with van der Waals surface area (Å²) in [6, 6.07) is 4.34. The first-order valence-corrected chi connectivity index (χ1v) is 8.25. The molecular weight excluding hydrogens is 308 g/mol. The summed E-state index contributed by atoms with van der Waals surface area (Å²) in [5.74, 6) is -1.60. The van der Waals surface area contributed by atoms with Crippen molar-refractivity contribution in [1.82, 2.24) is 10.2 Å². The van der Waals surface area contributed by atoms with Crippen LogP contribution in [0.1, 0.15) is 48.4 Å². The van der Waals surface area contributed by atoms with Gasteiger partial charge in [-0.05, 0) is 32.3 Å². The van der Waals surface area contributed by atoms with Gasteiger partial charge in [0.1, 0.15) is 0 Å². The fraction of sp³-hybridized carbons (Fsp3) is 0.500. The molecule has 2 N–H and O–H groups in total. The summed E-state index contributed by atoms with van der Waals surface area (Å²) in [4.78, 5) is 37.3. The molecule has 1 aliphatic rings. The topological polar surface area (TPSA) is 86.7 Å². The van der Waals surface area contributed by atoms with Gasteiger partial charge in [0.05, 0.1) is 6.54 Å². The first-order valence-electron chi connectivity index (χ1n) is 8.25. The van der Waals surface area contributed by atoms with E-state index in [9.17, 15) is 19.5 Å². The molecule has 0 aromatic heterocycles. The number of rotatable bonds is 5. The van der Waals surface area contributed by atoms with Crippen LogP contribution in [0.15, 0.2) is 18.2 Å². The van der Waals surface area contributed by atoms with E-state index in [1.807, 2.05) is 19.9 Å². The molecule has 1 fully saturated rings. The van der Waals surface area contributed by atoms with Crippen molar-refractivity contribution in [1.29, 1.82) is 0 Å². The van der Waals surface area contributed by atoms with Gasteiger partial charge in [0.15, 0.2) is 6.04 Å². The Morgan fingerprint density at radius 2 is 1.83 bits per heavy atom. The van der Waals surface area contributed by atoms with Crippen molar-refractivity contribution < 1.29 is 19.5 Å². The number of likely N-dealkylation sites (tertiary alicyclic amines) is 1. The van der Waals surface area contributed by atoms with Gasteiger partial charge in [-0.2, -0.15) is 0 Å². The van der Waals surface area contributed by atoms with Crippen LogP contribution in [0.25, 0.3) is 0 Å². The highest BCUT2D eigenvalue weighted by atomic mass is 16.4. The highest BCUT2D eigenvalue weighted by molar-refractivity contribution is 5.88. The average Bonchev–Trinajstić information content (AvgIpc) is 2.68. The standard InChI is InChI=1S/C18H24N2O4/c1-12-8-13(2)10-14(9-12)17(18(23)24)19-15(21)11-20-7-5-3-4-6-16(20)22/h8-10,17H,3-7,11H2,1-2H3,(H,19,21)(H,23,24). The van der Waals surface area contributed by atoms with E-state index in [0.29, 0.717) is 18.5 Å². The van der Waals surface area contributed by atoms with Crippen LogP contribution in [0, 0.1) is 13.8 Å². The summed E-state index contributed by atoms with van der Waals surface area (Å²) < 4.78 is 0. The molecule has 2 rings (SSSR count). The second kappa shape index (κ2) is 7.95. The molecule has 0 spiro atoms. The number of nitrogens with one attached hydrogen (secondary N) is 1. The van der Waals surface area contributed by atoms with Crippen LogP contribution in [0.3, 0.4) is 0 Å². The van der Waals surface area contributed by atoms with Crippen molar-refractivity contribution >= 4 is 17.8 Å². The van der Waals surface area contributed by atoms with E-state index in [2.05, 4.69) is 5.32 Å². The van der Waals surface area contributed by atoms with Gasteiger partial charge in [0.2, 0.25) is 11.8 Å². The Balaban J connectivity index is 2.08. The molecule has 1 aromatic rings. The van der Waals surface area contributed by atoms with E-state index in [1.165, 1.54) is 4.90 Å². The molecular formula is C18H24N2O4. The fourth-order valence-corrected chi connectivity index (χ4v) is 3.05. The van der Waals surface area contributed by atoms with E-state index in [4.69, 9.17) is 0 Å². The van der Waals surface area contributed by atoms with Gasteiger partial charge in [-0.15, -0.1) is 0 Å². The second-order valence-corrected chi connectivity index (χ2v) is 6.39. The number of carbonyl (C=O) groups is 3. The lowest BCUT2D eigenvalue weighted by Gasteiger charge is -2.22. The summed E-state index contributed by atoms with van der Waals surface area (Å²) in [6.07, 6.45) is 3.15. The highest BCUT2D eigenvalue weighted by Gasteiger charge is 2.25. The Hall–Kier alpha value is -2.37. The van der Waals surface area contributed by atoms with Crippen LogP contribution in [-0.4, -0.2) is 40.9 Å². The van der Waals surface area contributed by atoms with Crippen LogP contribution in [-0.2, 0) is 14.4 Å². The number of benzene rings is 1. The van der Waals surface area contributed by atoms with Gasteiger partial charge in [-0.25, -0.2) is 4.79 Å². The molecule has 130 valence electrons. The van der Waals surface area contributed by atoms with Gasteiger partial charge < -0.3 is 15.3 Å². The van der Waals surface area contributed by atoms with Gasteiger partial charge in [-0.1, -0.05) is 35.7 Å². The van der Waals surface area contributed by atoms with E-state index in [1.54, 1.807) is 12.1 Å². The van der Waals surface area contributed by atoms with E-state index < -0.39 is 17.9 Å². The minimum absolute atomic E-state index is 0.0408. The summed E-state index contributed by atoms with van der Waals surface area (Å²) in [6.45, 7) is 4.22. The molecule has 6 heteroatoms. The molecule has 1 unspecified atom stereocenters. The van der Waals surface area contributed by atoms with Gasteiger partial charge in [-0.3, -0.25) is 9.59 Å². The zero-order valence-corrected chi connectivity index (χ0v) is 14.2. The fourth-order valence-electron chi connectivity index (χ4n) is 3.05. The Morgan fingerprint density at radius 1 is 1.17 bits per heavy atom. The van der Waals surface area contributed by atoms with Crippen LogP contribution < -0.4 is 5.32 Å². The minimum Gasteiger partial charge on any atom is -0.479 e. The molecule has 0 bridgehead atoms. The number of aryl methyl sites for hydroxylation is 2. The number of carbonyl (C=O) groups excluding carboxylic acids is 2. The van der Waals surface area contributed by atoms with Gasteiger partial charge >= 0.3 is 5.97 Å². The summed E-state index contributed by atoms with van der Waals surface area (Å²) in [5.41, 5.74) is 2.41. The van der Waals surface area contributed by atoms with Gasteiger partial charge in [0, 0.05) is 13.0 Å². The lowest BCUT2D eigenvalue weighted by Crippen LogP contribution is -2.43. The van der Waals surface area contributed by atoms with Crippen LogP contribution in [0.5, 0.6) is 0 Å². The maximum absolute atomic E-state index is 12.3. The van der Waals surface area contributed by atoms with E-state index in [-0.39, 0.29) is 12.5 Å². The number of carboxylic acid groups (broad SMARTS) is 1. The number of amides is 2. The zero-order valence-electron chi connectivity index (χ0n) is 14.2. The molecule has 24 heavy (non-hydrogen) atoms. The first-order chi connectivity index (χ1) is 11.4. The third kappa shape index (κ3) is 4.81. The van der Waals surface area contributed by atoms with Crippen molar-refractivity contribution in [2.45, 2.75) is 45.6 Å². The quantitative estimate of drug-likeness (QED) is 0.863. The molecule has 1 saturated heterocycles. The average molecular weight is 332 g/mol. The molecule has 0 aliphatic carbocycles. The number of hydrogen-bond donors (Lipinski definition) is 2. The molecule has 2 amide bonds. The van der Waals surface area contributed by atoms with Crippen LogP contribution >= 0.6 is 0 Å². The zero-order chi connectivity index (χ0) is 17.7. The molecule has 1 aliphatic heterocycles. The number of carboxylic acids is 1. The largest absolute Gasteiger partial charge is 0.479 e. The van der Waals surface area contributed by atoms with Crippen LogP contribution in [0.2, 0.25) is 0 Å². The predicted molar refractivity (Wildman–Crippen MR) is 89.5 cm³/mol. The Labute approximate surface area is 141 Å². The molecule has 1 atom stereocenters. The summed E-state index contributed by atoms with van der Waals surface area (Å²) in [5, 5.41) is 12.0. The van der Waals surface area contributed by atoms with Crippen molar-refractivity contribution in [3.05, 3.63) is 34.9 Å². The van der Waals surface area contributed by atoms with Crippen molar-refractivity contribution in [2.75, 3.05) is 13.1 Å². The Morgan fingerprint density at radius 3 is 2.46 bits per heavy atom. The Bertz CT molecular complexity index is 622. The smallest absolute Gasteiger partial charge is 0.330 e. The van der Waals surface area contributed by atoms with Crippen molar-refractivity contribution in [3.8, 4) is 0 Å². The molecule has 6 nitrogen and oxygen atoms in total. The first kappa shape index (κ1) is 18.0. The van der Waals surface area contributed by atoms with Crippen molar-refractivity contribution in [3.63, 3.8) is 0 Å². The lowest BCUT2D eigenvalue weighted by atomic mass is 10.0. The van der Waals surface area contributed by atoms with Crippen LogP contribution in [0.4, 0.5) is 0 Å². The minimum atomic E-state index is -1.12. The second-order valence-electron chi connectivity index (χ2n) is 6.39. The highest BCUT2D eigenvalue weighted by Crippen LogP contribution is 2.18. The Kier molecular flexibility index (Phi) is 5.95. The molecule has 1 heterocycles. The lowest BCUT2D eigenvalue weighted by molar-refractivity contribution is -0.142. The van der Waals surface area contributed by atoms with E-state index >= 15 is 0 Å². The summed E-state index contributed by atoms with van der Waals surface area (Å²) in [7, 11) is 0. The summed E-state index contributed by atoms with van der Waals surface area (Å²) >= 11 is 0. The third-order valence-electron chi connectivity index (χ3n) is 4.14. The monoisotopic (exact) mass is 332 g/mol. The number of aliphatic carboxylic acids is 1. The van der Waals surface area contributed by atoms with Gasteiger partial charge in [0.25, 0.3) is 0 Å². The SMILES string of the molecule is Cc1cc(C)cc(C(NC(=O)CN2CCCCCC2=O)C(=O)O)c1. The van der Waals surface area contributed by atoms with E-state index in [0.717, 1.165) is 30.4 Å². The third-order valence-corrected chi connectivity index (χ3v) is 4.14. The predicted octanol–water partition coefficient (Wildman–Crippen LogP) is 1.95. The maximum Gasteiger partial charge on any atom is 0.330 e. The molecule has 1 aromatic carbocycles. The molecule has 0 radical (unpaired) electrons. The normalized spacial score (nSPS) is 16.4. The van der Waals surface area contributed by atoms with Crippen molar-refractivity contribution in [2.24, 2.45) is 0 Å². The molecule has 0 saturated carbocycles.